The lowest BCUT2D eigenvalue weighted by Gasteiger charge is -2.14. The molecule has 2 amide bonds. The molecule has 0 aromatic heterocycles. The minimum absolute atomic E-state index is 0.0738. The van der Waals surface area contributed by atoms with Crippen LogP contribution in [-0.2, 0) is 14.8 Å². The number of thioether (sulfide) groups is 1. The van der Waals surface area contributed by atoms with Crippen molar-refractivity contribution in [2.75, 3.05) is 17.6 Å². The number of sulfonamides is 1. The summed E-state index contributed by atoms with van der Waals surface area (Å²) in [5.74, 6) is -0.173. The Bertz CT molecular complexity index is 924. The van der Waals surface area contributed by atoms with Crippen LogP contribution in [0.15, 0.2) is 58.3 Å². The van der Waals surface area contributed by atoms with Crippen LogP contribution >= 0.6 is 11.8 Å². The number of carbonyl (C=O) groups excluding carboxylic acids is 2. The van der Waals surface area contributed by atoms with Gasteiger partial charge in [0.25, 0.3) is 15.9 Å². The van der Waals surface area contributed by atoms with E-state index in [4.69, 9.17) is 0 Å². The Balaban J connectivity index is 1.63. The van der Waals surface area contributed by atoms with Crippen LogP contribution in [0.3, 0.4) is 0 Å². The summed E-state index contributed by atoms with van der Waals surface area (Å²) < 4.78 is 25.8. The normalized spacial score (nSPS) is 15.1. The molecule has 0 aliphatic carbocycles. The largest absolute Gasteiger partial charge is 0.326 e. The van der Waals surface area contributed by atoms with E-state index in [1.165, 1.54) is 30.8 Å². The third kappa shape index (κ3) is 3.54. The molecule has 0 saturated heterocycles. The number of rotatable bonds is 5. The average Bonchev–Trinajstić information content (AvgIpc) is 2.77. The maximum atomic E-state index is 12.4. The van der Waals surface area contributed by atoms with Gasteiger partial charge < -0.3 is 5.32 Å². The van der Waals surface area contributed by atoms with E-state index >= 15 is 0 Å². The fourth-order valence-corrected chi connectivity index (χ4v) is 5.06. The van der Waals surface area contributed by atoms with E-state index in [1.807, 2.05) is 12.1 Å². The molecule has 0 saturated carbocycles. The summed E-state index contributed by atoms with van der Waals surface area (Å²) in [5.41, 5.74) is 0.928. The zero-order chi connectivity index (χ0) is 18.0. The molecule has 1 aliphatic rings. The van der Waals surface area contributed by atoms with Gasteiger partial charge in [0.1, 0.15) is 4.90 Å². The average molecular weight is 376 g/mol. The second kappa shape index (κ2) is 6.89. The highest BCUT2D eigenvalue weighted by Gasteiger charge is 2.40. The maximum Gasteiger partial charge on any atom is 0.269 e. The smallest absolute Gasteiger partial charge is 0.269 e. The van der Waals surface area contributed by atoms with Crippen LogP contribution < -0.4 is 5.32 Å². The third-order valence-electron chi connectivity index (χ3n) is 3.65. The monoisotopic (exact) mass is 376 g/mol. The fraction of sp³-hybridized carbons (Fsp3) is 0.176. The Hall–Kier alpha value is -2.32. The second-order valence-electron chi connectivity index (χ2n) is 5.43. The summed E-state index contributed by atoms with van der Waals surface area (Å²) in [6.45, 7) is 1.54. The summed E-state index contributed by atoms with van der Waals surface area (Å²) >= 11 is 1.45. The molecule has 0 spiro atoms. The van der Waals surface area contributed by atoms with Crippen LogP contribution in [0.4, 0.5) is 5.69 Å². The lowest BCUT2D eigenvalue weighted by molar-refractivity contribution is -0.114. The van der Waals surface area contributed by atoms with Gasteiger partial charge in [-0.3, -0.25) is 9.59 Å². The predicted octanol–water partition coefficient (Wildman–Crippen LogP) is 2.58. The molecule has 3 rings (SSSR count). The molecule has 1 N–H and O–H groups in total. The van der Waals surface area contributed by atoms with Gasteiger partial charge in [0.15, 0.2) is 0 Å². The van der Waals surface area contributed by atoms with Gasteiger partial charge in [0, 0.05) is 29.8 Å². The van der Waals surface area contributed by atoms with Gasteiger partial charge in [-0.05, 0) is 36.4 Å². The minimum Gasteiger partial charge on any atom is -0.326 e. The molecule has 1 aliphatic heterocycles. The molecule has 2 aromatic carbocycles. The first-order valence-corrected chi connectivity index (χ1v) is 9.99. The molecular formula is C17H16N2O4S2. The van der Waals surface area contributed by atoms with E-state index in [0.29, 0.717) is 11.4 Å². The molecule has 0 radical (unpaired) electrons. The molecule has 2 aromatic rings. The number of anilines is 1. The summed E-state index contributed by atoms with van der Waals surface area (Å²) in [5, 5.41) is 2.68. The zero-order valence-corrected chi connectivity index (χ0v) is 15.1. The van der Waals surface area contributed by atoms with Crippen LogP contribution in [0.5, 0.6) is 0 Å². The van der Waals surface area contributed by atoms with Crippen LogP contribution in [0.25, 0.3) is 0 Å². The van der Waals surface area contributed by atoms with Gasteiger partial charge in [0.05, 0.1) is 5.56 Å². The van der Waals surface area contributed by atoms with Gasteiger partial charge in [-0.2, -0.15) is 0 Å². The van der Waals surface area contributed by atoms with Crippen molar-refractivity contribution in [1.82, 2.24) is 4.31 Å². The van der Waals surface area contributed by atoms with Crippen LogP contribution in [0.1, 0.15) is 17.3 Å². The van der Waals surface area contributed by atoms with Crippen molar-refractivity contribution >= 4 is 39.3 Å². The Labute approximate surface area is 150 Å². The van der Waals surface area contributed by atoms with Gasteiger partial charge in [-0.15, -0.1) is 11.8 Å². The van der Waals surface area contributed by atoms with Crippen molar-refractivity contribution in [3.63, 3.8) is 0 Å². The lowest BCUT2D eigenvalue weighted by Crippen LogP contribution is -2.32. The van der Waals surface area contributed by atoms with E-state index in [1.54, 1.807) is 24.3 Å². The number of fused-ring (bicyclic) bond motifs is 1. The van der Waals surface area contributed by atoms with Crippen molar-refractivity contribution in [1.29, 1.82) is 0 Å². The third-order valence-corrected chi connectivity index (χ3v) is 6.48. The highest BCUT2D eigenvalue weighted by Crippen LogP contribution is 2.30. The lowest BCUT2D eigenvalue weighted by atomic mass is 10.2. The molecule has 6 nitrogen and oxygen atoms in total. The Morgan fingerprint density at radius 1 is 1.12 bits per heavy atom. The highest BCUT2D eigenvalue weighted by atomic mass is 32.2. The number of nitrogens with one attached hydrogen (secondary N) is 1. The molecular weight excluding hydrogens is 360 g/mol. The van der Waals surface area contributed by atoms with Crippen LogP contribution in [-0.4, -0.2) is 36.8 Å². The molecule has 8 heteroatoms. The summed E-state index contributed by atoms with van der Waals surface area (Å²) in [4.78, 5) is 24.3. The standard InChI is InChI=1S/C17H16N2O4S2/c1-12(20)18-13-6-8-14(9-7-13)24-11-10-19-17(21)15-4-2-3-5-16(15)25(19,22)23/h2-9H,10-11H2,1H3,(H,18,20). The van der Waals surface area contributed by atoms with Gasteiger partial charge in [-0.25, -0.2) is 12.7 Å². The van der Waals surface area contributed by atoms with Gasteiger partial charge in [0.2, 0.25) is 5.91 Å². The van der Waals surface area contributed by atoms with Gasteiger partial charge >= 0.3 is 0 Å². The number of amides is 2. The van der Waals surface area contributed by atoms with E-state index in [0.717, 1.165) is 9.20 Å². The molecule has 0 fully saturated rings. The molecule has 0 unspecified atom stereocenters. The topological polar surface area (TPSA) is 83.6 Å². The number of nitrogens with zero attached hydrogens (tertiary/aromatic N) is 1. The van der Waals surface area contributed by atoms with Crippen molar-refractivity contribution < 1.29 is 18.0 Å². The Kier molecular flexibility index (Phi) is 4.82. The van der Waals surface area contributed by atoms with E-state index in [9.17, 15) is 18.0 Å². The first-order chi connectivity index (χ1) is 11.9. The minimum atomic E-state index is -3.75. The van der Waals surface area contributed by atoms with E-state index in [-0.39, 0.29) is 22.9 Å². The first kappa shape index (κ1) is 17.5. The van der Waals surface area contributed by atoms with Crippen LogP contribution in [0, 0.1) is 0 Å². The molecule has 0 bridgehead atoms. The van der Waals surface area contributed by atoms with Crippen LogP contribution in [0.2, 0.25) is 0 Å². The number of carbonyl (C=O) groups is 2. The number of hydrogen-bond acceptors (Lipinski definition) is 5. The summed E-state index contributed by atoms with van der Waals surface area (Å²) in [6.07, 6.45) is 0. The van der Waals surface area contributed by atoms with Crippen molar-refractivity contribution in [2.45, 2.75) is 16.7 Å². The number of benzene rings is 2. The Morgan fingerprint density at radius 2 is 1.80 bits per heavy atom. The molecule has 1 heterocycles. The highest BCUT2D eigenvalue weighted by molar-refractivity contribution is 7.99. The molecule has 25 heavy (non-hydrogen) atoms. The number of hydrogen-bond donors (Lipinski definition) is 1. The molecule has 130 valence electrons. The quantitative estimate of drug-likeness (QED) is 0.811. The van der Waals surface area contributed by atoms with Crippen molar-refractivity contribution in [3.05, 3.63) is 54.1 Å². The maximum absolute atomic E-state index is 12.4. The van der Waals surface area contributed by atoms with Gasteiger partial charge in [-0.1, -0.05) is 12.1 Å². The van der Waals surface area contributed by atoms with Crippen molar-refractivity contribution in [2.24, 2.45) is 0 Å². The van der Waals surface area contributed by atoms with E-state index < -0.39 is 15.9 Å². The SMILES string of the molecule is CC(=O)Nc1ccc(SCCN2C(=O)c3ccccc3S2(=O)=O)cc1. The first-order valence-electron chi connectivity index (χ1n) is 7.56. The summed E-state index contributed by atoms with van der Waals surface area (Å²) in [7, 11) is -3.75. The summed E-state index contributed by atoms with van der Waals surface area (Å²) in [6, 6.07) is 13.5. The predicted molar refractivity (Wildman–Crippen MR) is 96.1 cm³/mol. The fourth-order valence-electron chi connectivity index (χ4n) is 2.54. The Morgan fingerprint density at radius 3 is 2.44 bits per heavy atom. The van der Waals surface area contributed by atoms with Crippen molar-refractivity contribution in [3.8, 4) is 0 Å². The van der Waals surface area contributed by atoms with E-state index in [2.05, 4.69) is 5.32 Å². The molecule has 0 atom stereocenters. The zero-order valence-electron chi connectivity index (χ0n) is 13.4. The second-order valence-corrected chi connectivity index (χ2v) is 8.43.